The first-order valence-corrected chi connectivity index (χ1v) is 10.0. The van der Waals surface area contributed by atoms with Crippen molar-refractivity contribution in [3.8, 4) is 5.75 Å². The summed E-state index contributed by atoms with van der Waals surface area (Å²) in [5.74, 6) is 0.204. The topological polar surface area (TPSA) is 58.6 Å². The molecule has 0 aromatic heterocycles. The van der Waals surface area contributed by atoms with Gasteiger partial charge in [0.15, 0.2) is 6.10 Å². The molecular weight excluding hydrogens is 400 g/mol. The largest absolute Gasteiger partial charge is 0.479 e. The fraction of sp³-hybridized carbons (Fsp3) is 0.167. The molecule has 1 unspecified atom stereocenters. The monoisotopic (exact) mass is 420 g/mol. The normalized spacial score (nSPS) is 15.4. The van der Waals surface area contributed by atoms with Crippen LogP contribution in [0, 0.1) is 6.92 Å². The number of hydrogen-bond acceptors (Lipinski definition) is 3. The SMILES string of the molecule is Cc1ccc(CN2C(=O)C(C)Oc3ccc(NC(=O)c4cccc(Cl)c4)cc32)cc1. The summed E-state index contributed by atoms with van der Waals surface area (Å²) in [7, 11) is 0. The van der Waals surface area contributed by atoms with Crippen LogP contribution in [-0.2, 0) is 11.3 Å². The predicted octanol–water partition coefficient (Wildman–Crippen LogP) is 5.21. The molecular formula is C24H21ClN2O3. The van der Waals surface area contributed by atoms with E-state index in [2.05, 4.69) is 5.32 Å². The Hall–Kier alpha value is -3.31. The fourth-order valence-electron chi connectivity index (χ4n) is 3.36. The van der Waals surface area contributed by atoms with Gasteiger partial charge in [0.25, 0.3) is 11.8 Å². The summed E-state index contributed by atoms with van der Waals surface area (Å²) >= 11 is 5.98. The zero-order chi connectivity index (χ0) is 21.3. The van der Waals surface area contributed by atoms with Crippen LogP contribution in [0.15, 0.2) is 66.7 Å². The van der Waals surface area contributed by atoms with Crippen molar-refractivity contribution in [1.82, 2.24) is 0 Å². The van der Waals surface area contributed by atoms with Crippen LogP contribution >= 0.6 is 11.6 Å². The minimum atomic E-state index is -0.574. The summed E-state index contributed by atoms with van der Waals surface area (Å²) in [6.07, 6.45) is -0.574. The zero-order valence-electron chi connectivity index (χ0n) is 16.7. The van der Waals surface area contributed by atoms with E-state index in [1.807, 2.05) is 31.2 Å². The average Bonchev–Trinajstić information content (AvgIpc) is 2.73. The van der Waals surface area contributed by atoms with E-state index in [1.54, 1.807) is 54.3 Å². The number of carbonyl (C=O) groups excluding carboxylic acids is 2. The van der Waals surface area contributed by atoms with Gasteiger partial charge in [0.1, 0.15) is 5.75 Å². The number of nitrogens with zero attached hydrogens (tertiary/aromatic N) is 1. The van der Waals surface area contributed by atoms with Crippen LogP contribution < -0.4 is 15.0 Å². The lowest BCUT2D eigenvalue weighted by atomic mass is 10.1. The number of amides is 2. The second kappa shape index (κ2) is 8.20. The van der Waals surface area contributed by atoms with Crippen LogP contribution in [0.2, 0.25) is 5.02 Å². The van der Waals surface area contributed by atoms with Gasteiger partial charge in [-0.15, -0.1) is 0 Å². The molecule has 1 aliphatic heterocycles. The van der Waals surface area contributed by atoms with E-state index in [4.69, 9.17) is 16.3 Å². The van der Waals surface area contributed by atoms with E-state index in [9.17, 15) is 9.59 Å². The second-order valence-corrected chi connectivity index (χ2v) is 7.75. The molecule has 6 heteroatoms. The van der Waals surface area contributed by atoms with Gasteiger partial charge < -0.3 is 15.0 Å². The number of ether oxygens (including phenoxy) is 1. The number of fused-ring (bicyclic) bond motifs is 1. The average molecular weight is 421 g/mol. The van der Waals surface area contributed by atoms with Gasteiger partial charge in [-0.05, 0) is 55.8 Å². The van der Waals surface area contributed by atoms with Crippen molar-refractivity contribution < 1.29 is 14.3 Å². The molecule has 4 rings (SSSR count). The number of aryl methyl sites for hydroxylation is 1. The first-order valence-electron chi connectivity index (χ1n) is 9.65. The lowest BCUT2D eigenvalue weighted by Crippen LogP contribution is -2.44. The minimum absolute atomic E-state index is 0.124. The van der Waals surface area contributed by atoms with E-state index in [0.717, 1.165) is 11.1 Å². The van der Waals surface area contributed by atoms with E-state index < -0.39 is 6.10 Å². The van der Waals surface area contributed by atoms with Gasteiger partial charge in [-0.2, -0.15) is 0 Å². The predicted molar refractivity (Wildman–Crippen MR) is 118 cm³/mol. The third kappa shape index (κ3) is 4.16. The first kappa shape index (κ1) is 20.0. The molecule has 1 heterocycles. The van der Waals surface area contributed by atoms with Crippen molar-refractivity contribution in [2.24, 2.45) is 0 Å². The summed E-state index contributed by atoms with van der Waals surface area (Å²) in [5.41, 5.74) is 3.83. The van der Waals surface area contributed by atoms with E-state index in [1.165, 1.54) is 0 Å². The summed E-state index contributed by atoms with van der Waals surface area (Å²) in [6, 6.07) is 20.1. The van der Waals surface area contributed by atoms with Crippen LogP contribution in [0.4, 0.5) is 11.4 Å². The summed E-state index contributed by atoms with van der Waals surface area (Å²) < 4.78 is 5.77. The molecule has 152 valence electrons. The van der Waals surface area contributed by atoms with Crippen molar-refractivity contribution >= 4 is 34.8 Å². The van der Waals surface area contributed by atoms with Gasteiger partial charge in [0, 0.05) is 16.3 Å². The third-order valence-electron chi connectivity index (χ3n) is 4.97. The van der Waals surface area contributed by atoms with Crippen LogP contribution in [0.25, 0.3) is 0 Å². The molecule has 0 radical (unpaired) electrons. The second-order valence-electron chi connectivity index (χ2n) is 7.32. The molecule has 3 aromatic rings. The van der Waals surface area contributed by atoms with Gasteiger partial charge in [0.05, 0.1) is 12.2 Å². The smallest absolute Gasteiger partial charge is 0.268 e. The van der Waals surface area contributed by atoms with E-state index in [-0.39, 0.29) is 11.8 Å². The van der Waals surface area contributed by atoms with Gasteiger partial charge in [-0.3, -0.25) is 9.59 Å². The van der Waals surface area contributed by atoms with Crippen molar-refractivity contribution in [1.29, 1.82) is 0 Å². The van der Waals surface area contributed by atoms with Crippen molar-refractivity contribution in [3.05, 3.63) is 88.4 Å². The molecule has 1 atom stereocenters. The number of rotatable bonds is 4. The molecule has 1 aliphatic rings. The zero-order valence-corrected chi connectivity index (χ0v) is 17.4. The number of halogens is 1. The number of nitrogens with one attached hydrogen (secondary N) is 1. The minimum Gasteiger partial charge on any atom is -0.479 e. The highest BCUT2D eigenvalue weighted by Crippen LogP contribution is 2.37. The molecule has 2 amide bonds. The molecule has 0 bridgehead atoms. The van der Waals surface area contributed by atoms with Crippen molar-refractivity contribution in [2.75, 3.05) is 10.2 Å². The Balaban J connectivity index is 1.63. The maximum absolute atomic E-state index is 12.9. The number of carbonyl (C=O) groups is 2. The lowest BCUT2D eigenvalue weighted by Gasteiger charge is -2.33. The standard InChI is InChI=1S/C24H21ClN2O3/c1-15-6-8-17(9-7-15)14-27-21-13-20(10-11-22(21)30-16(2)24(27)29)26-23(28)18-4-3-5-19(25)12-18/h3-13,16H,14H2,1-2H3,(H,26,28). The van der Waals surface area contributed by atoms with Crippen LogP contribution in [-0.4, -0.2) is 17.9 Å². The number of anilines is 2. The molecule has 30 heavy (non-hydrogen) atoms. The Kier molecular flexibility index (Phi) is 5.46. The Bertz CT molecular complexity index is 1110. The Morgan fingerprint density at radius 3 is 2.60 bits per heavy atom. The molecule has 1 N–H and O–H groups in total. The lowest BCUT2D eigenvalue weighted by molar-refractivity contribution is -0.125. The van der Waals surface area contributed by atoms with Crippen LogP contribution in [0.5, 0.6) is 5.75 Å². The number of hydrogen-bond donors (Lipinski definition) is 1. The van der Waals surface area contributed by atoms with Crippen LogP contribution in [0.1, 0.15) is 28.4 Å². The molecule has 0 saturated heterocycles. The van der Waals surface area contributed by atoms with Gasteiger partial charge in [-0.25, -0.2) is 0 Å². The first-order chi connectivity index (χ1) is 14.4. The molecule has 5 nitrogen and oxygen atoms in total. The highest BCUT2D eigenvalue weighted by Gasteiger charge is 2.31. The fourth-order valence-corrected chi connectivity index (χ4v) is 3.55. The number of benzene rings is 3. The Labute approximate surface area is 180 Å². The molecule has 0 aliphatic carbocycles. The molecule has 0 saturated carbocycles. The maximum atomic E-state index is 12.9. The van der Waals surface area contributed by atoms with Crippen molar-refractivity contribution in [2.45, 2.75) is 26.5 Å². The third-order valence-corrected chi connectivity index (χ3v) is 5.21. The molecule has 0 fully saturated rings. The van der Waals surface area contributed by atoms with Gasteiger partial charge >= 0.3 is 0 Å². The highest BCUT2D eigenvalue weighted by atomic mass is 35.5. The van der Waals surface area contributed by atoms with Crippen LogP contribution in [0.3, 0.4) is 0 Å². The highest BCUT2D eigenvalue weighted by molar-refractivity contribution is 6.31. The van der Waals surface area contributed by atoms with Gasteiger partial charge in [0.2, 0.25) is 0 Å². The summed E-state index contributed by atoms with van der Waals surface area (Å²) in [5, 5.41) is 3.35. The Morgan fingerprint density at radius 2 is 1.87 bits per heavy atom. The maximum Gasteiger partial charge on any atom is 0.268 e. The summed E-state index contributed by atoms with van der Waals surface area (Å²) in [4.78, 5) is 27.1. The quantitative estimate of drug-likeness (QED) is 0.629. The molecule has 3 aromatic carbocycles. The van der Waals surface area contributed by atoms with E-state index >= 15 is 0 Å². The van der Waals surface area contributed by atoms with Crippen molar-refractivity contribution in [3.63, 3.8) is 0 Å². The summed E-state index contributed by atoms with van der Waals surface area (Å²) in [6.45, 7) is 4.18. The van der Waals surface area contributed by atoms with E-state index in [0.29, 0.717) is 34.3 Å². The van der Waals surface area contributed by atoms with Gasteiger partial charge in [-0.1, -0.05) is 47.5 Å². The Morgan fingerprint density at radius 1 is 1.10 bits per heavy atom. The molecule has 0 spiro atoms.